The Morgan fingerprint density at radius 1 is 1.05 bits per heavy atom. The van der Waals surface area contributed by atoms with Crippen LogP contribution in [0.25, 0.3) is 0 Å². The summed E-state index contributed by atoms with van der Waals surface area (Å²) < 4.78 is 9.93. The van der Waals surface area contributed by atoms with Gasteiger partial charge in [-0.25, -0.2) is 4.79 Å². The molecule has 2 N–H and O–H groups in total. The lowest BCUT2D eigenvalue weighted by atomic mass is 10.2. The molecule has 0 aliphatic carbocycles. The van der Waals surface area contributed by atoms with E-state index in [0.717, 1.165) is 12.8 Å². The number of unbranched alkanes of at least 4 members (excludes halogenated alkanes) is 2. The summed E-state index contributed by atoms with van der Waals surface area (Å²) in [4.78, 5) is 23.9. The maximum absolute atomic E-state index is 11.9. The minimum absolute atomic E-state index is 0.141. The lowest BCUT2D eigenvalue weighted by Gasteiger charge is -2.22. The number of carbonyl (C=O) groups excluding carboxylic acids is 1. The van der Waals surface area contributed by atoms with E-state index in [2.05, 4.69) is 5.32 Å². The molecule has 7 heteroatoms. The maximum Gasteiger partial charge on any atom is 0.317 e. The zero-order valence-electron chi connectivity index (χ0n) is 12.4. The number of amides is 2. The van der Waals surface area contributed by atoms with Crippen molar-refractivity contribution in [2.75, 3.05) is 47.1 Å². The summed E-state index contributed by atoms with van der Waals surface area (Å²) in [7, 11) is 3.18. The minimum atomic E-state index is -0.778. The van der Waals surface area contributed by atoms with E-state index >= 15 is 0 Å². The van der Waals surface area contributed by atoms with Crippen LogP contribution in [0.2, 0.25) is 0 Å². The zero-order valence-corrected chi connectivity index (χ0v) is 12.4. The number of carboxylic acids is 1. The second kappa shape index (κ2) is 12.7. The van der Waals surface area contributed by atoms with Gasteiger partial charge in [0.25, 0.3) is 0 Å². The van der Waals surface area contributed by atoms with Gasteiger partial charge in [-0.1, -0.05) is 6.42 Å². The number of hydrogen-bond acceptors (Lipinski definition) is 4. The van der Waals surface area contributed by atoms with E-state index in [1.54, 1.807) is 19.1 Å². The van der Waals surface area contributed by atoms with Crippen molar-refractivity contribution in [3.05, 3.63) is 0 Å². The normalized spacial score (nSPS) is 10.3. The molecule has 0 heterocycles. The van der Waals surface area contributed by atoms with Crippen molar-refractivity contribution in [1.29, 1.82) is 0 Å². The number of methoxy groups -OCH3 is 2. The Morgan fingerprint density at radius 2 is 1.65 bits per heavy atom. The van der Waals surface area contributed by atoms with E-state index in [4.69, 9.17) is 14.6 Å². The molecule has 0 radical (unpaired) electrons. The predicted molar refractivity (Wildman–Crippen MR) is 74.8 cm³/mol. The van der Waals surface area contributed by atoms with Crippen LogP contribution >= 0.6 is 0 Å². The van der Waals surface area contributed by atoms with Crippen LogP contribution in [-0.2, 0) is 14.3 Å². The third-order valence-corrected chi connectivity index (χ3v) is 2.76. The van der Waals surface area contributed by atoms with Gasteiger partial charge in [0.15, 0.2) is 0 Å². The number of carbonyl (C=O) groups is 2. The molecule has 0 aromatic rings. The number of ether oxygens (including phenoxy) is 2. The lowest BCUT2D eigenvalue weighted by molar-refractivity contribution is -0.137. The Balaban J connectivity index is 3.78. The highest BCUT2D eigenvalue weighted by atomic mass is 16.5. The van der Waals surface area contributed by atoms with Crippen LogP contribution in [-0.4, -0.2) is 69.1 Å². The zero-order chi connectivity index (χ0) is 15.2. The predicted octanol–water partition coefficient (Wildman–Crippen LogP) is 0.936. The highest BCUT2D eigenvalue weighted by Crippen LogP contribution is 1.99. The third kappa shape index (κ3) is 10.6. The van der Waals surface area contributed by atoms with Crippen molar-refractivity contribution in [3.8, 4) is 0 Å². The first kappa shape index (κ1) is 18.7. The van der Waals surface area contributed by atoms with Gasteiger partial charge in [0.2, 0.25) is 0 Å². The van der Waals surface area contributed by atoms with Crippen molar-refractivity contribution in [2.24, 2.45) is 0 Å². The Bertz CT molecular complexity index is 265. The van der Waals surface area contributed by atoms with Gasteiger partial charge in [0.05, 0.1) is 13.2 Å². The molecule has 0 saturated heterocycles. The molecule has 0 spiro atoms. The lowest BCUT2D eigenvalue weighted by Crippen LogP contribution is -2.43. The van der Waals surface area contributed by atoms with E-state index in [0.29, 0.717) is 39.3 Å². The first-order valence-electron chi connectivity index (χ1n) is 6.84. The van der Waals surface area contributed by atoms with Gasteiger partial charge < -0.3 is 24.8 Å². The summed E-state index contributed by atoms with van der Waals surface area (Å²) >= 11 is 0. The van der Waals surface area contributed by atoms with Crippen molar-refractivity contribution in [3.63, 3.8) is 0 Å². The van der Waals surface area contributed by atoms with Crippen LogP contribution in [0.15, 0.2) is 0 Å². The second-order valence-electron chi connectivity index (χ2n) is 4.41. The molecule has 0 saturated carbocycles. The van der Waals surface area contributed by atoms with Gasteiger partial charge in [-0.05, 0) is 12.8 Å². The second-order valence-corrected chi connectivity index (χ2v) is 4.41. The molecule has 0 aliphatic heterocycles. The molecule has 0 fully saturated rings. The fraction of sp³-hybridized carbons (Fsp3) is 0.846. The Hall–Kier alpha value is -1.34. The first-order chi connectivity index (χ1) is 9.61. The molecular weight excluding hydrogens is 264 g/mol. The number of aliphatic carboxylic acids is 1. The SMILES string of the molecule is COCCN(CCOC)C(=O)NCCCCCC(=O)O. The van der Waals surface area contributed by atoms with E-state index in [9.17, 15) is 9.59 Å². The Morgan fingerprint density at radius 3 is 2.15 bits per heavy atom. The molecule has 0 bridgehead atoms. The van der Waals surface area contributed by atoms with Gasteiger partial charge in [-0.2, -0.15) is 0 Å². The summed E-state index contributed by atoms with van der Waals surface area (Å²) in [6.45, 7) is 2.55. The number of carboxylic acid groups (broad SMARTS) is 1. The molecule has 2 amide bonds. The standard InChI is InChI=1S/C13H26N2O5/c1-19-10-8-15(9-11-20-2)13(18)14-7-5-3-4-6-12(16)17/h3-11H2,1-2H3,(H,14,18)(H,16,17). The number of nitrogens with one attached hydrogen (secondary N) is 1. The van der Waals surface area contributed by atoms with E-state index in [1.807, 2.05) is 0 Å². The average Bonchev–Trinajstić information content (AvgIpc) is 2.42. The van der Waals surface area contributed by atoms with Gasteiger partial charge in [-0.15, -0.1) is 0 Å². The fourth-order valence-corrected chi connectivity index (χ4v) is 1.60. The van der Waals surface area contributed by atoms with Gasteiger partial charge in [0, 0.05) is 40.3 Å². The van der Waals surface area contributed by atoms with Crippen LogP contribution < -0.4 is 5.32 Å². The quantitative estimate of drug-likeness (QED) is 0.522. The highest BCUT2D eigenvalue weighted by Gasteiger charge is 2.11. The van der Waals surface area contributed by atoms with Gasteiger partial charge in [0.1, 0.15) is 0 Å². The molecule has 0 aromatic heterocycles. The summed E-state index contributed by atoms with van der Waals surface area (Å²) in [6.07, 6.45) is 2.40. The molecule has 20 heavy (non-hydrogen) atoms. The van der Waals surface area contributed by atoms with Crippen LogP contribution in [0.1, 0.15) is 25.7 Å². The molecule has 118 valence electrons. The van der Waals surface area contributed by atoms with Crippen LogP contribution in [0.4, 0.5) is 4.79 Å². The Labute approximate surface area is 120 Å². The molecule has 7 nitrogen and oxygen atoms in total. The van der Waals surface area contributed by atoms with Crippen molar-refractivity contribution in [2.45, 2.75) is 25.7 Å². The smallest absolute Gasteiger partial charge is 0.317 e. The van der Waals surface area contributed by atoms with E-state index < -0.39 is 5.97 Å². The number of hydrogen-bond donors (Lipinski definition) is 2. The van der Waals surface area contributed by atoms with Crippen LogP contribution in [0, 0.1) is 0 Å². The van der Waals surface area contributed by atoms with Crippen molar-refractivity contribution >= 4 is 12.0 Å². The molecule has 0 atom stereocenters. The summed E-state index contributed by atoms with van der Waals surface area (Å²) in [5, 5.41) is 11.3. The fourth-order valence-electron chi connectivity index (χ4n) is 1.60. The topological polar surface area (TPSA) is 88.1 Å². The summed E-state index contributed by atoms with van der Waals surface area (Å²) in [5.74, 6) is -0.778. The number of nitrogens with zero attached hydrogens (tertiary/aromatic N) is 1. The molecular formula is C13H26N2O5. The van der Waals surface area contributed by atoms with Crippen molar-refractivity contribution in [1.82, 2.24) is 10.2 Å². The summed E-state index contributed by atoms with van der Waals surface area (Å²) in [6, 6.07) is -0.141. The monoisotopic (exact) mass is 290 g/mol. The third-order valence-electron chi connectivity index (χ3n) is 2.76. The first-order valence-corrected chi connectivity index (χ1v) is 6.84. The van der Waals surface area contributed by atoms with Gasteiger partial charge >= 0.3 is 12.0 Å². The van der Waals surface area contributed by atoms with E-state index in [-0.39, 0.29) is 12.5 Å². The summed E-state index contributed by atoms with van der Waals surface area (Å²) in [5.41, 5.74) is 0. The average molecular weight is 290 g/mol. The minimum Gasteiger partial charge on any atom is -0.481 e. The Kier molecular flexibility index (Phi) is 11.8. The van der Waals surface area contributed by atoms with Crippen LogP contribution in [0.5, 0.6) is 0 Å². The maximum atomic E-state index is 11.9. The molecule has 0 aliphatic rings. The number of rotatable bonds is 12. The van der Waals surface area contributed by atoms with Crippen LogP contribution in [0.3, 0.4) is 0 Å². The van der Waals surface area contributed by atoms with E-state index in [1.165, 1.54) is 0 Å². The molecule has 0 rings (SSSR count). The van der Waals surface area contributed by atoms with Gasteiger partial charge in [-0.3, -0.25) is 4.79 Å². The molecule has 0 unspecified atom stereocenters. The van der Waals surface area contributed by atoms with Crippen molar-refractivity contribution < 1.29 is 24.2 Å². The molecule has 0 aromatic carbocycles. The number of urea groups is 1. The largest absolute Gasteiger partial charge is 0.481 e. The highest BCUT2D eigenvalue weighted by molar-refractivity contribution is 5.74.